The van der Waals surface area contributed by atoms with Crippen molar-refractivity contribution in [2.24, 2.45) is 5.10 Å². The van der Waals surface area contributed by atoms with Crippen LogP contribution in [0.25, 0.3) is 17.3 Å². The molecule has 1 aliphatic heterocycles. The predicted octanol–water partition coefficient (Wildman–Crippen LogP) is 5.19. The van der Waals surface area contributed by atoms with E-state index in [0.717, 1.165) is 11.3 Å². The first-order chi connectivity index (χ1) is 14.7. The van der Waals surface area contributed by atoms with Crippen LogP contribution < -0.4 is 5.01 Å². The van der Waals surface area contributed by atoms with E-state index in [0.29, 0.717) is 21.8 Å². The second kappa shape index (κ2) is 7.78. The molecule has 10 heteroatoms. The Hall–Kier alpha value is -3.24. The van der Waals surface area contributed by atoms with Gasteiger partial charge in [-0.15, -0.1) is 11.3 Å². The summed E-state index contributed by atoms with van der Waals surface area (Å²) in [6.45, 7) is 0. The van der Waals surface area contributed by atoms with Crippen molar-refractivity contribution in [3.8, 4) is 17.0 Å². The Morgan fingerprint density at radius 2 is 1.77 bits per heavy atom. The summed E-state index contributed by atoms with van der Waals surface area (Å²) in [5.41, 5.74) is -2.07. The maximum Gasteiger partial charge on any atom is 0.438 e. The highest BCUT2D eigenvalue weighted by Gasteiger charge is 2.62. The number of phenolic OH excluding ortho intramolecular Hbond substituents is 1. The quantitative estimate of drug-likeness (QED) is 0.539. The minimum Gasteiger partial charge on any atom is -0.507 e. The van der Waals surface area contributed by atoms with Crippen LogP contribution in [0.15, 0.2) is 65.1 Å². The summed E-state index contributed by atoms with van der Waals surface area (Å²) in [6, 6.07) is 11.7. The average molecular weight is 449 g/mol. The molecule has 0 aliphatic carbocycles. The fourth-order valence-corrected chi connectivity index (χ4v) is 3.87. The first-order valence-corrected chi connectivity index (χ1v) is 9.90. The summed E-state index contributed by atoms with van der Waals surface area (Å²) in [7, 11) is 0. The molecule has 1 aromatic heterocycles. The Morgan fingerprint density at radius 3 is 2.45 bits per heavy atom. The van der Waals surface area contributed by atoms with Crippen LogP contribution in [0, 0.1) is 5.82 Å². The lowest BCUT2D eigenvalue weighted by molar-refractivity contribution is -0.254. The number of hydrogen-bond acceptors (Lipinski definition) is 6. The minimum atomic E-state index is -5.01. The number of aliphatic hydroxyl groups is 1. The third-order valence-electron chi connectivity index (χ3n) is 4.67. The van der Waals surface area contributed by atoms with Crippen LogP contribution in [0.5, 0.6) is 5.75 Å². The zero-order chi connectivity index (χ0) is 22.2. The smallest absolute Gasteiger partial charge is 0.438 e. The molecule has 4 rings (SSSR count). The largest absolute Gasteiger partial charge is 0.507 e. The van der Waals surface area contributed by atoms with E-state index in [1.807, 2.05) is 0 Å². The lowest BCUT2D eigenvalue weighted by Crippen LogP contribution is -2.55. The van der Waals surface area contributed by atoms with Crippen molar-refractivity contribution in [1.29, 1.82) is 0 Å². The Morgan fingerprint density at radius 1 is 1.06 bits per heavy atom. The highest BCUT2D eigenvalue weighted by Crippen LogP contribution is 2.44. The number of aromatic hydroxyl groups is 1. The van der Waals surface area contributed by atoms with E-state index in [1.54, 1.807) is 18.2 Å². The molecule has 1 unspecified atom stereocenters. The Balaban J connectivity index is 1.68. The van der Waals surface area contributed by atoms with Gasteiger partial charge in [0.05, 0.1) is 17.8 Å². The molecule has 0 bridgehead atoms. The van der Waals surface area contributed by atoms with E-state index in [1.165, 1.54) is 47.9 Å². The zero-order valence-corrected chi connectivity index (χ0v) is 16.5. The van der Waals surface area contributed by atoms with Gasteiger partial charge in [0, 0.05) is 16.5 Å². The highest BCUT2D eigenvalue weighted by molar-refractivity contribution is 7.14. The third-order valence-corrected chi connectivity index (χ3v) is 5.48. The topological polar surface area (TPSA) is 69.0 Å². The van der Waals surface area contributed by atoms with Crippen LogP contribution in [0.2, 0.25) is 0 Å². The normalized spacial score (nSPS) is 19.3. The summed E-state index contributed by atoms with van der Waals surface area (Å²) in [5, 5.41) is 26.1. The van der Waals surface area contributed by atoms with Crippen LogP contribution in [-0.4, -0.2) is 32.8 Å². The van der Waals surface area contributed by atoms with Gasteiger partial charge in [0.25, 0.3) is 5.72 Å². The van der Waals surface area contributed by atoms with Crippen molar-refractivity contribution in [3.63, 3.8) is 0 Å². The predicted molar refractivity (Wildman–Crippen MR) is 110 cm³/mol. The number of anilines is 1. The van der Waals surface area contributed by atoms with E-state index < -0.39 is 24.1 Å². The van der Waals surface area contributed by atoms with Crippen molar-refractivity contribution in [3.05, 3.63) is 71.4 Å². The lowest BCUT2D eigenvalue weighted by atomic mass is 10.1. The van der Waals surface area contributed by atoms with E-state index in [4.69, 9.17) is 0 Å². The van der Waals surface area contributed by atoms with Crippen molar-refractivity contribution in [1.82, 2.24) is 4.98 Å². The van der Waals surface area contributed by atoms with Crippen LogP contribution in [0.4, 0.5) is 22.7 Å². The van der Waals surface area contributed by atoms with Gasteiger partial charge in [-0.05, 0) is 42.5 Å². The van der Waals surface area contributed by atoms with Crippen LogP contribution in [0.3, 0.4) is 0 Å². The molecule has 0 amide bonds. The standard InChI is InChI=1S/C21H15F4N3O2S/c22-15-8-5-13(6-9-15)17-12-31-19(26-17)28-20(30,21(23,24)25)11-16(27-28)10-7-14-3-1-2-4-18(14)29/h1-10,12,29-30H,11H2/b10-7+. The summed E-state index contributed by atoms with van der Waals surface area (Å²) in [5.74, 6) is -0.486. The Bertz CT molecular complexity index is 1160. The maximum atomic E-state index is 13.8. The van der Waals surface area contributed by atoms with Crippen molar-refractivity contribution in [2.75, 3.05) is 5.01 Å². The Labute approximate surface area is 178 Å². The number of hydrogen-bond donors (Lipinski definition) is 2. The number of benzene rings is 2. The molecule has 2 aromatic carbocycles. The number of phenols is 1. The van der Waals surface area contributed by atoms with Gasteiger partial charge in [0.2, 0.25) is 5.13 Å². The minimum absolute atomic E-state index is 0.0378. The number of thiazole rings is 1. The van der Waals surface area contributed by atoms with Crippen molar-refractivity contribution in [2.45, 2.75) is 18.3 Å². The fraction of sp³-hybridized carbons (Fsp3) is 0.143. The lowest BCUT2D eigenvalue weighted by Gasteiger charge is -2.32. The molecule has 0 fully saturated rings. The summed E-state index contributed by atoms with van der Waals surface area (Å²) >= 11 is 0.873. The summed E-state index contributed by atoms with van der Waals surface area (Å²) < 4.78 is 54.4. The van der Waals surface area contributed by atoms with Gasteiger partial charge in [-0.25, -0.2) is 9.37 Å². The summed E-state index contributed by atoms with van der Waals surface area (Å²) in [4.78, 5) is 4.16. The van der Waals surface area contributed by atoms with Gasteiger partial charge < -0.3 is 10.2 Å². The maximum absolute atomic E-state index is 13.8. The van der Waals surface area contributed by atoms with Gasteiger partial charge in [0.1, 0.15) is 11.6 Å². The molecule has 3 aromatic rings. The van der Waals surface area contributed by atoms with Crippen molar-refractivity contribution >= 4 is 28.3 Å². The molecule has 0 saturated heterocycles. The van der Waals surface area contributed by atoms with E-state index in [9.17, 15) is 27.8 Å². The van der Waals surface area contributed by atoms with E-state index in [2.05, 4.69) is 10.1 Å². The molecule has 0 radical (unpaired) electrons. The number of hydrazone groups is 1. The first kappa shape index (κ1) is 21.0. The molecule has 0 spiro atoms. The van der Waals surface area contributed by atoms with Gasteiger partial charge in [-0.3, -0.25) is 0 Å². The van der Waals surface area contributed by atoms with Gasteiger partial charge >= 0.3 is 6.18 Å². The number of allylic oxidation sites excluding steroid dienone is 1. The Kier molecular flexibility index (Phi) is 5.28. The molecule has 1 aliphatic rings. The second-order valence-electron chi connectivity index (χ2n) is 6.81. The highest BCUT2D eigenvalue weighted by atomic mass is 32.1. The summed E-state index contributed by atoms with van der Waals surface area (Å²) in [6.07, 6.45) is -3.10. The molecule has 2 heterocycles. The number of para-hydroxylation sites is 1. The molecule has 0 saturated carbocycles. The number of aromatic nitrogens is 1. The van der Waals surface area contributed by atoms with Crippen LogP contribution in [0.1, 0.15) is 12.0 Å². The van der Waals surface area contributed by atoms with Crippen LogP contribution >= 0.6 is 11.3 Å². The average Bonchev–Trinajstić information content (AvgIpc) is 3.33. The van der Waals surface area contributed by atoms with Crippen LogP contribution in [-0.2, 0) is 0 Å². The molecular weight excluding hydrogens is 434 g/mol. The molecule has 5 nitrogen and oxygen atoms in total. The number of rotatable bonds is 4. The molecule has 1 atom stereocenters. The van der Waals surface area contributed by atoms with E-state index >= 15 is 0 Å². The third kappa shape index (κ3) is 4.04. The first-order valence-electron chi connectivity index (χ1n) is 9.02. The molecule has 31 heavy (non-hydrogen) atoms. The molecular formula is C21H15F4N3O2S. The second-order valence-corrected chi connectivity index (χ2v) is 7.65. The van der Waals surface area contributed by atoms with Gasteiger partial charge in [0.15, 0.2) is 0 Å². The fourth-order valence-electron chi connectivity index (χ4n) is 3.02. The number of nitrogens with zero attached hydrogens (tertiary/aromatic N) is 3. The number of alkyl halides is 3. The SMILES string of the molecule is Oc1ccccc1/C=C/C1=NN(c2nc(-c3ccc(F)cc3)cs2)C(O)(C(F)(F)F)C1. The zero-order valence-electron chi connectivity index (χ0n) is 15.7. The van der Waals surface area contributed by atoms with Crippen molar-refractivity contribution < 1.29 is 27.8 Å². The molecule has 2 N–H and O–H groups in total. The van der Waals surface area contributed by atoms with Gasteiger partial charge in [-0.2, -0.15) is 23.3 Å². The number of halogens is 4. The van der Waals surface area contributed by atoms with Gasteiger partial charge in [-0.1, -0.05) is 18.2 Å². The monoisotopic (exact) mass is 449 g/mol. The van der Waals surface area contributed by atoms with E-state index in [-0.39, 0.29) is 16.6 Å². The molecule has 160 valence electrons.